The quantitative estimate of drug-likeness (QED) is 0.179. The normalized spacial score (nSPS) is 15.5. The number of fused-ring (bicyclic) bond motifs is 6. The Morgan fingerprint density at radius 1 is 0.421 bits per heavy atom. The molecule has 0 spiro atoms. The zero-order chi connectivity index (χ0) is 37.7. The van der Waals surface area contributed by atoms with Crippen molar-refractivity contribution in [1.29, 1.82) is 0 Å². The Morgan fingerprint density at radius 2 is 1.05 bits per heavy atom. The zero-order valence-corrected chi connectivity index (χ0v) is 31.1. The van der Waals surface area contributed by atoms with Gasteiger partial charge in [-0.25, -0.2) is 4.99 Å². The predicted molar refractivity (Wildman–Crippen MR) is 236 cm³/mol. The molecule has 1 aromatic heterocycles. The summed E-state index contributed by atoms with van der Waals surface area (Å²) in [5.41, 5.74) is 11.8. The first-order valence-corrected chi connectivity index (χ1v) is 19.5. The maximum absolute atomic E-state index is 6.96. The van der Waals surface area contributed by atoms with Crippen molar-refractivity contribution in [2.24, 2.45) is 4.99 Å². The molecule has 0 bridgehead atoms. The first-order valence-electron chi connectivity index (χ1n) is 19.5. The smallest absolute Gasteiger partial charge is 0.146 e. The van der Waals surface area contributed by atoms with Crippen LogP contribution >= 0.6 is 0 Å². The molecule has 2 N–H and O–H groups in total. The van der Waals surface area contributed by atoms with Crippen LogP contribution in [0.25, 0.3) is 76.9 Å². The van der Waals surface area contributed by atoms with E-state index in [0.29, 0.717) is 0 Å². The SMILES string of the molecule is c1ccc(-c2cccc(-c3ccc(C4=NC(c5ccccc5)NC(c5ccc(-c6ccc7ccccc7c6)cc5)N4)c4oc5ccc6ccccc6c5c34)c2)cc1. The topological polar surface area (TPSA) is 49.6 Å². The molecule has 57 heavy (non-hydrogen) atoms. The molecule has 0 saturated heterocycles. The minimum atomic E-state index is -0.282. The predicted octanol–water partition coefficient (Wildman–Crippen LogP) is 13.2. The number of rotatable bonds is 6. The third kappa shape index (κ3) is 5.95. The molecule has 11 rings (SSSR count). The maximum atomic E-state index is 6.96. The van der Waals surface area contributed by atoms with Crippen LogP contribution in [-0.2, 0) is 0 Å². The summed E-state index contributed by atoms with van der Waals surface area (Å²) in [5.74, 6) is 0.782. The van der Waals surface area contributed by atoms with Gasteiger partial charge in [-0.3, -0.25) is 5.32 Å². The fraction of sp³-hybridized carbons (Fsp3) is 0.0377. The molecular formula is C53H37N3O. The number of nitrogens with zero attached hydrogens (tertiary/aromatic N) is 1. The van der Waals surface area contributed by atoms with Crippen LogP contribution < -0.4 is 10.6 Å². The molecule has 0 fully saturated rings. The van der Waals surface area contributed by atoms with Crippen molar-refractivity contribution in [3.63, 3.8) is 0 Å². The molecule has 10 aromatic rings. The fourth-order valence-corrected chi connectivity index (χ4v) is 8.47. The van der Waals surface area contributed by atoms with Crippen LogP contribution in [0.4, 0.5) is 0 Å². The highest BCUT2D eigenvalue weighted by Gasteiger charge is 2.28. The molecule has 4 nitrogen and oxygen atoms in total. The Kier molecular flexibility index (Phi) is 8.01. The molecule has 2 unspecified atom stereocenters. The molecule has 0 saturated carbocycles. The number of amidine groups is 1. The third-order valence-electron chi connectivity index (χ3n) is 11.4. The van der Waals surface area contributed by atoms with Gasteiger partial charge in [0.15, 0.2) is 0 Å². The van der Waals surface area contributed by atoms with Gasteiger partial charge in [0, 0.05) is 10.8 Å². The van der Waals surface area contributed by atoms with Gasteiger partial charge in [-0.05, 0) is 90.3 Å². The van der Waals surface area contributed by atoms with E-state index in [0.717, 1.165) is 61.0 Å². The average molecular weight is 732 g/mol. The van der Waals surface area contributed by atoms with E-state index in [1.807, 2.05) is 6.07 Å². The first-order chi connectivity index (χ1) is 28.2. The highest BCUT2D eigenvalue weighted by atomic mass is 16.3. The molecule has 9 aromatic carbocycles. The Morgan fingerprint density at radius 3 is 1.89 bits per heavy atom. The van der Waals surface area contributed by atoms with Crippen LogP contribution in [0.1, 0.15) is 29.0 Å². The summed E-state index contributed by atoms with van der Waals surface area (Å²) in [6.07, 6.45) is -0.494. The van der Waals surface area contributed by atoms with E-state index in [1.165, 1.54) is 38.4 Å². The van der Waals surface area contributed by atoms with Crippen molar-refractivity contribution in [1.82, 2.24) is 10.6 Å². The fourth-order valence-electron chi connectivity index (χ4n) is 8.47. The zero-order valence-electron chi connectivity index (χ0n) is 31.1. The van der Waals surface area contributed by atoms with Gasteiger partial charge in [0.05, 0.1) is 5.56 Å². The summed E-state index contributed by atoms with van der Waals surface area (Å²) >= 11 is 0. The monoisotopic (exact) mass is 731 g/mol. The van der Waals surface area contributed by atoms with Crippen molar-refractivity contribution in [3.8, 4) is 33.4 Å². The Hall–Kier alpha value is -7.27. The summed E-state index contributed by atoms with van der Waals surface area (Å²) in [7, 11) is 0. The second-order valence-electron chi connectivity index (χ2n) is 14.8. The molecular weight excluding hydrogens is 695 g/mol. The van der Waals surface area contributed by atoms with Crippen molar-refractivity contribution in [2.75, 3.05) is 0 Å². The number of hydrogen-bond donors (Lipinski definition) is 2. The molecule has 0 amide bonds. The molecule has 2 atom stereocenters. The van der Waals surface area contributed by atoms with E-state index in [9.17, 15) is 0 Å². The summed E-state index contributed by atoms with van der Waals surface area (Å²) in [6, 6.07) is 71.1. The number of benzene rings is 9. The summed E-state index contributed by atoms with van der Waals surface area (Å²) in [4.78, 5) is 5.37. The Balaban J connectivity index is 1.06. The van der Waals surface area contributed by atoms with Crippen molar-refractivity contribution in [3.05, 3.63) is 217 Å². The molecule has 1 aliphatic rings. The van der Waals surface area contributed by atoms with Gasteiger partial charge in [0.25, 0.3) is 0 Å². The van der Waals surface area contributed by atoms with E-state index >= 15 is 0 Å². The lowest BCUT2D eigenvalue weighted by molar-refractivity contribution is 0.409. The minimum Gasteiger partial charge on any atom is -0.455 e. The van der Waals surface area contributed by atoms with E-state index in [1.54, 1.807) is 0 Å². The van der Waals surface area contributed by atoms with Crippen LogP contribution in [0.5, 0.6) is 0 Å². The lowest BCUT2D eigenvalue weighted by atomic mass is 9.93. The lowest BCUT2D eigenvalue weighted by Gasteiger charge is -2.32. The lowest BCUT2D eigenvalue weighted by Crippen LogP contribution is -2.45. The van der Waals surface area contributed by atoms with Gasteiger partial charge in [0.1, 0.15) is 29.3 Å². The molecule has 0 radical (unpaired) electrons. The number of nitrogens with one attached hydrogen (secondary N) is 2. The Bertz CT molecular complexity index is 3130. The van der Waals surface area contributed by atoms with Gasteiger partial charge in [-0.1, -0.05) is 176 Å². The van der Waals surface area contributed by atoms with E-state index in [2.05, 4.69) is 205 Å². The van der Waals surface area contributed by atoms with Crippen LogP contribution in [0.3, 0.4) is 0 Å². The van der Waals surface area contributed by atoms with Gasteiger partial charge in [0.2, 0.25) is 0 Å². The highest BCUT2D eigenvalue weighted by Crippen LogP contribution is 2.43. The average Bonchev–Trinajstić information content (AvgIpc) is 3.70. The van der Waals surface area contributed by atoms with Crippen LogP contribution in [0, 0.1) is 0 Å². The standard InChI is InChI=1S/C53H37N3O/c1-3-12-34(13-4-1)41-19-11-20-43(33-41)45-29-30-46(50-49(45)48-44-21-10-9-15-37(44)28-31-47(48)57-50)53-55-51(38-16-5-2-6-17-38)54-52(56-53)39-25-22-36(23-26-39)42-27-24-35-14-7-8-18-40(35)32-42/h1-33,51-52,54H,(H,55,56). The summed E-state index contributed by atoms with van der Waals surface area (Å²) in [5, 5.41) is 14.6. The maximum Gasteiger partial charge on any atom is 0.146 e. The van der Waals surface area contributed by atoms with Crippen LogP contribution in [0.2, 0.25) is 0 Å². The van der Waals surface area contributed by atoms with E-state index < -0.39 is 0 Å². The van der Waals surface area contributed by atoms with Crippen LogP contribution in [-0.4, -0.2) is 5.84 Å². The summed E-state index contributed by atoms with van der Waals surface area (Å²) in [6.45, 7) is 0. The van der Waals surface area contributed by atoms with Crippen LogP contribution in [0.15, 0.2) is 210 Å². The third-order valence-corrected chi connectivity index (χ3v) is 11.4. The minimum absolute atomic E-state index is 0.212. The number of hydrogen-bond acceptors (Lipinski definition) is 4. The molecule has 0 aliphatic carbocycles. The van der Waals surface area contributed by atoms with Crippen molar-refractivity contribution in [2.45, 2.75) is 12.3 Å². The van der Waals surface area contributed by atoms with Gasteiger partial charge < -0.3 is 9.73 Å². The van der Waals surface area contributed by atoms with Gasteiger partial charge >= 0.3 is 0 Å². The number of aliphatic imine (C=N–C) groups is 1. The highest BCUT2D eigenvalue weighted by molar-refractivity contribution is 6.26. The van der Waals surface area contributed by atoms with Crippen molar-refractivity contribution < 1.29 is 4.42 Å². The van der Waals surface area contributed by atoms with E-state index in [-0.39, 0.29) is 12.3 Å². The van der Waals surface area contributed by atoms with Gasteiger partial charge in [-0.15, -0.1) is 0 Å². The number of furan rings is 1. The Labute approximate surface area is 330 Å². The first kappa shape index (κ1) is 33.1. The molecule has 2 heterocycles. The summed E-state index contributed by atoms with van der Waals surface area (Å²) < 4.78 is 6.96. The van der Waals surface area contributed by atoms with Gasteiger partial charge in [-0.2, -0.15) is 0 Å². The molecule has 1 aliphatic heterocycles. The second-order valence-corrected chi connectivity index (χ2v) is 14.8. The van der Waals surface area contributed by atoms with E-state index in [4.69, 9.17) is 9.41 Å². The second kappa shape index (κ2) is 13.8. The largest absolute Gasteiger partial charge is 0.455 e. The van der Waals surface area contributed by atoms with Crippen molar-refractivity contribution >= 4 is 49.3 Å². The molecule has 4 heteroatoms. The molecule has 270 valence electrons.